The van der Waals surface area contributed by atoms with E-state index in [2.05, 4.69) is 4.90 Å². The molecule has 5 fully saturated rings. The molecule has 17 heavy (non-hydrogen) atoms. The molecule has 0 spiro atoms. The van der Waals surface area contributed by atoms with Gasteiger partial charge in [0.2, 0.25) is 0 Å². The molecule has 1 aliphatic heterocycles. The maximum Gasteiger partial charge on any atom is 0.0388 e. The van der Waals surface area contributed by atoms with E-state index in [1.807, 2.05) is 0 Å². The average molecular weight is 234 g/mol. The Morgan fingerprint density at radius 2 is 1.41 bits per heavy atom. The van der Waals surface area contributed by atoms with Gasteiger partial charge >= 0.3 is 0 Å². The highest BCUT2D eigenvalue weighted by Gasteiger charge is 2.58. The van der Waals surface area contributed by atoms with Gasteiger partial charge in [0.05, 0.1) is 0 Å². The van der Waals surface area contributed by atoms with Gasteiger partial charge in [-0.15, -0.1) is 0 Å². The summed E-state index contributed by atoms with van der Waals surface area (Å²) in [5.74, 6) is 4.03. The molecule has 2 N–H and O–H groups in total. The van der Waals surface area contributed by atoms with Crippen LogP contribution < -0.4 is 5.73 Å². The van der Waals surface area contributed by atoms with Crippen LogP contribution in [0.5, 0.6) is 0 Å². The Morgan fingerprint density at radius 3 is 1.88 bits per heavy atom. The van der Waals surface area contributed by atoms with Crippen LogP contribution in [-0.2, 0) is 0 Å². The number of hydrogen-bond acceptors (Lipinski definition) is 2. The molecule has 5 aliphatic rings. The van der Waals surface area contributed by atoms with Gasteiger partial charge < -0.3 is 5.73 Å². The van der Waals surface area contributed by atoms with Crippen LogP contribution in [0.15, 0.2) is 0 Å². The number of likely N-dealkylation sites (tertiary alicyclic amines) is 1. The van der Waals surface area contributed by atoms with Crippen LogP contribution in [0.2, 0.25) is 0 Å². The fraction of sp³-hybridized carbons (Fsp3) is 1.00. The second kappa shape index (κ2) is 3.71. The van der Waals surface area contributed by atoms with Crippen molar-refractivity contribution in [3.8, 4) is 0 Å². The zero-order valence-corrected chi connectivity index (χ0v) is 10.9. The Kier molecular flexibility index (Phi) is 2.36. The van der Waals surface area contributed by atoms with Gasteiger partial charge in [0.1, 0.15) is 0 Å². The van der Waals surface area contributed by atoms with Gasteiger partial charge in [-0.25, -0.2) is 0 Å². The maximum atomic E-state index is 6.33. The molecular formula is C15H26N2. The van der Waals surface area contributed by atoms with E-state index in [4.69, 9.17) is 5.73 Å². The molecule has 4 aliphatic carbocycles. The Bertz CT molecular complexity index is 278. The number of rotatable bonds is 2. The summed E-state index contributed by atoms with van der Waals surface area (Å²) < 4.78 is 0. The monoisotopic (exact) mass is 234 g/mol. The lowest BCUT2D eigenvalue weighted by atomic mass is 9.48. The molecule has 0 aromatic heterocycles. The van der Waals surface area contributed by atoms with Crippen molar-refractivity contribution < 1.29 is 0 Å². The molecule has 1 saturated heterocycles. The minimum absolute atomic E-state index is 0.434. The van der Waals surface area contributed by atoms with Gasteiger partial charge in [0.15, 0.2) is 0 Å². The van der Waals surface area contributed by atoms with Crippen LogP contribution in [0.1, 0.15) is 44.9 Å². The van der Waals surface area contributed by atoms with Gasteiger partial charge in [-0.2, -0.15) is 0 Å². The van der Waals surface area contributed by atoms with E-state index in [1.54, 1.807) is 6.42 Å². The third-order valence-corrected chi connectivity index (χ3v) is 6.57. The molecule has 1 heterocycles. The lowest BCUT2D eigenvalue weighted by Crippen LogP contribution is -2.68. The van der Waals surface area contributed by atoms with Crippen molar-refractivity contribution >= 4 is 0 Å². The summed E-state index contributed by atoms with van der Waals surface area (Å²) in [6.45, 7) is 3.60. The zero-order valence-electron chi connectivity index (χ0n) is 10.9. The van der Waals surface area contributed by atoms with Crippen LogP contribution in [0, 0.1) is 23.7 Å². The average Bonchev–Trinajstić information content (AvgIpc) is 2.83. The molecule has 0 unspecified atom stereocenters. The fourth-order valence-corrected chi connectivity index (χ4v) is 6.11. The molecule has 96 valence electrons. The second-order valence-electron chi connectivity index (χ2n) is 7.19. The van der Waals surface area contributed by atoms with Crippen molar-refractivity contribution in [3.63, 3.8) is 0 Å². The molecule has 2 nitrogen and oxygen atoms in total. The lowest BCUT2D eigenvalue weighted by Gasteiger charge is -2.64. The minimum Gasteiger partial charge on any atom is -0.329 e. The first-order chi connectivity index (χ1) is 8.33. The van der Waals surface area contributed by atoms with Gasteiger partial charge in [0.25, 0.3) is 0 Å². The molecule has 0 aromatic rings. The molecular weight excluding hydrogens is 208 g/mol. The molecule has 0 amide bonds. The van der Waals surface area contributed by atoms with E-state index < -0.39 is 0 Å². The Balaban J connectivity index is 1.70. The summed E-state index contributed by atoms with van der Waals surface area (Å²) in [6.07, 6.45) is 10.4. The Labute approximate surface area is 105 Å². The smallest absolute Gasteiger partial charge is 0.0388 e. The standard InChI is InChI=1S/C15H26N2/c16-10-15(17-3-1-2-4-17)13-6-11-5-12(8-13)9-14(15)7-11/h11-14H,1-10,16H2. The van der Waals surface area contributed by atoms with Crippen molar-refractivity contribution in [2.45, 2.75) is 50.5 Å². The first-order valence-electron chi connectivity index (χ1n) is 7.78. The molecule has 2 heteroatoms. The van der Waals surface area contributed by atoms with Gasteiger partial charge in [-0.3, -0.25) is 4.90 Å². The minimum atomic E-state index is 0.434. The third-order valence-electron chi connectivity index (χ3n) is 6.57. The van der Waals surface area contributed by atoms with Crippen molar-refractivity contribution in [2.24, 2.45) is 29.4 Å². The van der Waals surface area contributed by atoms with Gasteiger partial charge in [-0.05, 0) is 81.7 Å². The first-order valence-corrected chi connectivity index (χ1v) is 7.78. The van der Waals surface area contributed by atoms with E-state index in [9.17, 15) is 0 Å². The zero-order chi connectivity index (χ0) is 11.5. The summed E-state index contributed by atoms with van der Waals surface area (Å²) in [4.78, 5) is 2.82. The second-order valence-corrected chi connectivity index (χ2v) is 7.19. The first kappa shape index (κ1) is 10.8. The molecule has 4 saturated carbocycles. The van der Waals surface area contributed by atoms with Crippen LogP contribution >= 0.6 is 0 Å². The van der Waals surface area contributed by atoms with Gasteiger partial charge in [-0.1, -0.05) is 0 Å². The summed E-state index contributed by atoms with van der Waals surface area (Å²) >= 11 is 0. The van der Waals surface area contributed by atoms with E-state index >= 15 is 0 Å². The number of hydrogen-bond donors (Lipinski definition) is 1. The number of nitrogens with zero attached hydrogens (tertiary/aromatic N) is 1. The lowest BCUT2D eigenvalue weighted by molar-refractivity contribution is -0.124. The van der Waals surface area contributed by atoms with Crippen molar-refractivity contribution in [1.29, 1.82) is 0 Å². The Hall–Kier alpha value is -0.0800. The van der Waals surface area contributed by atoms with Crippen molar-refractivity contribution in [1.82, 2.24) is 4.90 Å². The summed E-state index contributed by atoms with van der Waals surface area (Å²) in [5, 5.41) is 0. The van der Waals surface area contributed by atoms with E-state index in [1.165, 1.54) is 51.6 Å². The van der Waals surface area contributed by atoms with Crippen LogP contribution in [0.3, 0.4) is 0 Å². The Morgan fingerprint density at radius 1 is 0.882 bits per heavy atom. The topological polar surface area (TPSA) is 29.3 Å². The van der Waals surface area contributed by atoms with Crippen LogP contribution in [-0.4, -0.2) is 30.1 Å². The van der Waals surface area contributed by atoms with E-state index in [0.717, 1.165) is 30.2 Å². The molecule has 0 aromatic carbocycles. The predicted octanol–water partition coefficient (Wildman–Crippen LogP) is 2.24. The SMILES string of the molecule is NCC1(N2CCCC2)C2CC3CC(C2)CC1C3. The fourth-order valence-electron chi connectivity index (χ4n) is 6.11. The number of nitrogens with two attached hydrogens (primary N) is 1. The highest BCUT2D eigenvalue weighted by Crippen LogP contribution is 2.60. The van der Waals surface area contributed by atoms with E-state index in [-0.39, 0.29) is 0 Å². The summed E-state index contributed by atoms with van der Waals surface area (Å²) in [5.41, 5.74) is 6.76. The van der Waals surface area contributed by atoms with Crippen LogP contribution in [0.4, 0.5) is 0 Å². The van der Waals surface area contributed by atoms with Crippen LogP contribution in [0.25, 0.3) is 0 Å². The predicted molar refractivity (Wildman–Crippen MR) is 69.6 cm³/mol. The molecule has 0 atom stereocenters. The third kappa shape index (κ3) is 1.34. The highest BCUT2D eigenvalue weighted by atomic mass is 15.2. The highest BCUT2D eigenvalue weighted by molar-refractivity contribution is 5.13. The summed E-state index contributed by atoms with van der Waals surface area (Å²) in [7, 11) is 0. The van der Waals surface area contributed by atoms with E-state index in [0.29, 0.717) is 5.54 Å². The largest absolute Gasteiger partial charge is 0.329 e. The maximum absolute atomic E-state index is 6.33. The van der Waals surface area contributed by atoms with Crippen molar-refractivity contribution in [3.05, 3.63) is 0 Å². The van der Waals surface area contributed by atoms with Gasteiger partial charge in [0, 0.05) is 12.1 Å². The summed E-state index contributed by atoms with van der Waals surface area (Å²) in [6, 6.07) is 0. The quantitative estimate of drug-likeness (QED) is 0.794. The molecule has 4 bridgehead atoms. The molecule has 0 radical (unpaired) electrons. The molecule has 5 rings (SSSR count). The van der Waals surface area contributed by atoms with Crippen molar-refractivity contribution in [2.75, 3.05) is 19.6 Å². The normalized spacial score (nSPS) is 53.5.